The molecule has 1 fully saturated rings. The summed E-state index contributed by atoms with van der Waals surface area (Å²) in [5, 5.41) is 14.4. The molecule has 1 aromatic rings. The summed E-state index contributed by atoms with van der Waals surface area (Å²) in [7, 11) is 0. The minimum atomic E-state index is -0.556. The normalized spacial score (nSPS) is 14.9. The van der Waals surface area contributed by atoms with Crippen LogP contribution in [-0.4, -0.2) is 46.1 Å². The Kier molecular flexibility index (Phi) is 6.11. The van der Waals surface area contributed by atoms with Gasteiger partial charge in [0.2, 0.25) is 11.6 Å². The lowest BCUT2D eigenvalue weighted by Gasteiger charge is -2.27. The fourth-order valence-electron chi connectivity index (χ4n) is 2.68. The van der Waals surface area contributed by atoms with E-state index in [-0.39, 0.29) is 30.4 Å². The molecule has 2 heterocycles. The smallest absolute Gasteiger partial charge is 0.353 e. The second-order valence-corrected chi connectivity index (χ2v) is 6.96. The topological polar surface area (TPSA) is 110 Å². The van der Waals surface area contributed by atoms with Crippen LogP contribution in [0.15, 0.2) is 6.33 Å². The van der Waals surface area contributed by atoms with E-state index in [0.717, 1.165) is 32.4 Å². The first-order valence-electron chi connectivity index (χ1n) is 8.48. The Balaban J connectivity index is 2.07. The van der Waals surface area contributed by atoms with Crippen molar-refractivity contribution in [1.29, 1.82) is 0 Å². The lowest BCUT2D eigenvalue weighted by molar-refractivity contribution is -0.383. The van der Waals surface area contributed by atoms with Gasteiger partial charge in [0.15, 0.2) is 0 Å². The molecule has 138 valence electrons. The van der Waals surface area contributed by atoms with Crippen LogP contribution in [0.4, 0.5) is 17.3 Å². The Hall–Kier alpha value is -2.45. The second-order valence-electron chi connectivity index (χ2n) is 6.96. The van der Waals surface area contributed by atoms with Gasteiger partial charge in [0, 0.05) is 19.6 Å². The van der Waals surface area contributed by atoms with Crippen molar-refractivity contribution in [2.45, 2.75) is 52.1 Å². The van der Waals surface area contributed by atoms with Crippen LogP contribution >= 0.6 is 0 Å². The Labute approximate surface area is 146 Å². The summed E-state index contributed by atoms with van der Waals surface area (Å²) in [6.45, 7) is 7.06. The molecule has 0 radical (unpaired) electrons. The van der Waals surface area contributed by atoms with Crippen LogP contribution in [-0.2, 0) is 9.53 Å². The second kappa shape index (κ2) is 8.09. The first-order valence-corrected chi connectivity index (χ1v) is 8.48. The minimum Gasteiger partial charge on any atom is -0.460 e. The maximum absolute atomic E-state index is 11.7. The third kappa shape index (κ3) is 5.54. The molecule has 0 bridgehead atoms. The fraction of sp³-hybridized carbons (Fsp3) is 0.688. The van der Waals surface area contributed by atoms with E-state index in [1.807, 2.05) is 4.90 Å². The van der Waals surface area contributed by atoms with Gasteiger partial charge in [0.25, 0.3) is 0 Å². The van der Waals surface area contributed by atoms with E-state index < -0.39 is 10.5 Å². The highest BCUT2D eigenvalue weighted by Crippen LogP contribution is 2.33. The van der Waals surface area contributed by atoms with Crippen LogP contribution in [0.3, 0.4) is 0 Å². The molecular weight excluding hydrogens is 326 g/mol. The summed E-state index contributed by atoms with van der Waals surface area (Å²) in [5.41, 5.74) is -0.701. The van der Waals surface area contributed by atoms with Crippen molar-refractivity contribution < 1.29 is 14.5 Å². The average molecular weight is 351 g/mol. The van der Waals surface area contributed by atoms with Gasteiger partial charge < -0.3 is 15.0 Å². The molecule has 2 rings (SSSR count). The molecule has 0 aromatic carbocycles. The highest BCUT2D eigenvalue weighted by molar-refractivity contribution is 5.72. The number of aromatic nitrogens is 2. The summed E-state index contributed by atoms with van der Waals surface area (Å²) in [5.74, 6) is 0.0940. The summed E-state index contributed by atoms with van der Waals surface area (Å²) in [6.07, 6.45) is 4.51. The highest BCUT2D eigenvalue weighted by atomic mass is 16.6. The van der Waals surface area contributed by atoms with E-state index >= 15 is 0 Å². The zero-order valence-corrected chi connectivity index (χ0v) is 14.9. The van der Waals surface area contributed by atoms with Crippen LogP contribution in [0.25, 0.3) is 0 Å². The van der Waals surface area contributed by atoms with Gasteiger partial charge >= 0.3 is 11.7 Å². The Morgan fingerprint density at radius 2 is 2.00 bits per heavy atom. The number of ether oxygens (including phenoxy) is 1. The van der Waals surface area contributed by atoms with Crippen LogP contribution < -0.4 is 10.2 Å². The van der Waals surface area contributed by atoms with Gasteiger partial charge in [-0.15, -0.1) is 0 Å². The molecule has 1 aliphatic heterocycles. The van der Waals surface area contributed by atoms with E-state index in [4.69, 9.17) is 4.74 Å². The molecule has 1 saturated heterocycles. The number of hydrogen-bond acceptors (Lipinski definition) is 8. The number of carbonyl (C=O) groups is 1. The van der Waals surface area contributed by atoms with Gasteiger partial charge in [-0.2, -0.15) is 0 Å². The maximum atomic E-state index is 11.7. The number of carbonyl (C=O) groups excluding carboxylic acids is 1. The molecule has 0 spiro atoms. The van der Waals surface area contributed by atoms with Gasteiger partial charge in [0.05, 0.1) is 11.3 Å². The lowest BCUT2D eigenvalue weighted by Crippen LogP contribution is -2.31. The molecule has 9 heteroatoms. The third-order valence-corrected chi connectivity index (χ3v) is 3.68. The van der Waals surface area contributed by atoms with Crippen LogP contribution in [0.2, 0.25) is 0 Å². The number of nitrogens with zero attached hydrogens (tertiary/aromatic N) is 4. The Morgan fingerprint density at radius 1 is 1.32 bits per heavy atom. The van der Waals surface area contributed by atoms with Crippen molar-refractivity contribution in [3.8, 4) is 0 Å². The van der Waals surface area contributed by atoms with Crippen molar-refractivity contribution in [1.82, 2.24) is 9.97 Å². The predicted octanol–water partition coefficient (Wildman–Crippen LogP) is 2.52. The summed E-state index contributed by atoms with van der Waals surface area (Å²) < 4.78 is 5.22. The quantitative estimate of drug-likeness (QED) is 0.473. The average Bonchev–Trinajstić information content (AvgIpc) is 2.53. The summed E-state index contributed by atoms with van der Waals surface area (Å²) in [6, 6.07) is 0. The third-order valence-electron chi connectivity index (χ3n) is 3.68. The molecule has 0 amide bonds. The number of esters is 1. The zero-order chi connectivity index (χ0) is 18.4. The predicted molar refractivity (Wildman–Crippen MR) is 93.7 cm³/mol. The number of nitro groups is 1. The van der Waals surface area contributed by atoms with E-state index in [2.05, 4.69) is 15.3 Å². The van der Waals surface area contributed by atoms with E-state index in [1.165, 1.54) is 6.33 Å². The zero-order valence-electron chi connectivity index (χ0n) is 14.9. The van der Waals surface area contributed by atoms with Gasteiger partial charge in [0.1, 0.15) is 11.9 Å². The molecular formula is C16H25N5O4. The standard InChI is InChI=1S/C16H25N5O4/c1-16(2,3)25-12(22)7-8-17-14-13(21(23)24)15(19-11-18-14)20-9-5-4-6-10-20/h11H,4-10H2,1-3H3,(H,17,18,19). The monoisotopic (exact) mass is 351 g/mol. The number of anilines is 2. The van der Waals surface area contributed by atoms with Crippen molar-refractivity contribution in [2.75, 3.05) is 29.9 Å². The van der Waals surface area contributed by atoms with Crippen molar-refractivity contribution in [2.24, 2.45) is 0 Å². The van der Waals surface area contributed by atoms with Gasteiger partial charge in [-0.25, -0.2) is 9.97 Å². The molecule has 25 heavy (non-hydrogen) atoms. The minimum absolute atomic E-state index is 0.0947. The van der Waals surface area contributed by atoms with Crippen LogP contribution in [0.1, 0.15) is 46.5 Å². The summed E-state index contributed by atoms with van der Waals surface area (Å²) in [4.78, 5) is 32.8. The number of nitrogens with one attached hydrogen (secondary N) is 1. The van der Waals surface area contributed by atoms with Crippen molar-refractivity contribution in [3.63, 3.8) is 0 Å². The Morgan fingerprint density at radius 3 is 2.60 bits per heavy atom. The molecule has 9 nitrogen and oxygen atoms in total. The fourth-order valence-corrected chi connectivity index (χ4v) is 2.68. The number of rotatable bonds is 6. The molecule has 0 atom stereocenters. The molecule has 0 unspecified atom stereocenters. The first kappa shape index (κ1) is 18.9. The number of hydrogen-bond donors (Lipinski definition) is 1. The molecule has 1 aromatic heterocycles. The number of piperidine rings is 1. The van der Waals surface area contributed by atoms with Crippen LogP contribution in [0.5, 0.6) is 0 Å². The van der Waals surface area contributed by atoms with Crippen molar-refractivity contribution in [3.05, 3.63) is 16.4 Å². The first-order chi connectivity index (χ1) is 11.8. The van der Waals surface area contributed by atoms with Crippen molar-refractivity contribution >= 4 is 23.3 Å². The van der Waals surface area contributed by atoms with Gasteiger partial charge in [-0.1, -0.05) is 0 Å². The Bertz CT molecular complexity index is 623. The molecule has 1 N–H and O–H groups in total. The van der Waals surface area contributed by atoms with Gasteiger partial charge in [-0.3, -0.25) is 14.9 Å². The van der Waals surface area contributed by atoms with E-state index in [1.54, 1.807) is 20.8 Å². The van der Waals surface area contributed by atoms with Crippen LogP contribution in [0, 0.1) is 10.1 Å². The molecule has 0 aliphatic carbocycles. The maximum Gasteiger partial charge on any atom is 0.353 e. The summed E-state index contributed by atoms with van der Waals surface area (Å²) >= 11 is 0. The van der Waals surface area contributed by atoms with Gasteiger partial charge in [-0.05, 0) is 40.0 Å². The van der Waals surface area contributed by atoms with E-state index in [9.17, 15) is 14.9 Å². The molecule has 0 saturated carbocycles. The van der Waals surface area contributed by atoms with E-state index in [0.29, 0.717) is 5.82 Å². The molecule has 1 aliphatic rings. The SMILES string of the molecule is CC(C)(C)OC(=O)CCNc1ncnc(N2CCCCC2)c1[N+](=O)[O-]. The largest absolute Gasteiger partial charge is 0.460 e. The lowest BCUT2D eigenvalue weighted by atomic mass is 10.1. The highest BCUT2D eigenvalue weighted by Gasteiger charge is 2.28.